The van der Waals surface area contributed by atoms with Crippen LogP contribution < -0.4 is 10.6 Å². The van der Waals surface area contributed by atoms with Crippen molar-refractivity contribution in [1.29, 1.82) is 0 Å². The molecule has 0 radical (unpaired) electrons. The van der Waals surface area contributed by atoms with Gasteiger partial charge < -0.3 is 10.6 Å². The summed E-state index contributed by atoms with van der Waals surface area (Å²) in [4.78, 5) is 16.2. The topological polar surface area (TPSA) is 54.0 Å². The number of hydrogen-bond donors (Lipinski definition) is 2. The fraction of sp³-hybridized carbons (Fsp3) is 0.500. The van der Waals surface area contributed by atoms with E-state index < -0.39 is 0 Å². The van der Waals surface area contributed by atoms with Gasteiger partial charge in [0, 0.05) is 12.7 Å². The summed E-state index contributed by atoms with van der Waals surface area (Å²) in [6, 6.07) is 1.67. The van der Waals surface area contributed by atoms with E-state index in [4.69, 9.17) is 11.6 Å². The number of pyridine rings is 1. The number of rotatable bonds is 3. The zero-order valence-corrected chi connectivity index (χ0v) is 10.5. The van der Waals surface area contributed by atoms with Crippen LogP contribution in [0.2, 0.25) is 5.02 Å². The van der Waals surface area contributed by atoms with E-state index in [-0.39, 0.29) is 11.3 Å². The van der Waals surface area contributed by atoms with Gasteiger partial charge in [0.05, 0.1) is 22.3 Å². The highest BCUT2D eigenvalue weighted by atomic mass is 35.5. The lowest BCUT2D eigenvalue weighted by molar-refractivity contribution is -0.124. The van der Waals surface area contributed by atoms with E-state index in [1.165, 1.54) is 0 Å². The Hall–Kier alpha value is -1.13. The Morgan fingerprint density at radius 2 is 2.53 bits per heavy atom. The third-order valence-corrected chi connectivity index (χ3v) is 3.75. The molecule has 0 aliphatic carbocycles. The van der Waals surface area contributed by atoms with Gasteiger partial charge >= 0.3 is 0 Å². The zero-order chi connectivity index (χ0) is 12.3. The molecular weight excluding hydrogens is 238 g/mol. The summed E-state index contributed by atoms with van der Waals surface area (Å²) in [5, 5.41) is 6.63. The average Bonchev–Trinajstić information content (AvgIpc) is 2.82. The molecule has 1 amide bonds. The molecular formula is C12H16ClN3O. The van der Waals surface area contributed by atoms with E-state index in [9.17, 15) is 4.79 Å². The smallest absolute Gasteiger partial charge is 0.231 e. The van der Waals surface area contributed by atoms with Gasteiger partial charge in [0.15, 0.2) is 0 Å². The number of nitrogens with one attached hydrogen (secondary N) is 2. The summed E-state index contributed by atoms with van der Waals surface area (Å²) in [7, 11) is 0. The van der Waals surface area contributed by atoms with Crippen LogP contribution in [0.25, 0.3) is 0 Å². The van der Waals surface area contributed by atoms with Gasteiger partial charge in [-0.3, -0.25) is 9.78 Å². The Morgan fingerprint density at radius 3 is 3.12 bits per heavy atom. The molecule has 0 bridgehead atoms. The van der Waals surface area contributed by atoms with Crippen molar-refractivity contribution in [2.45, 2.75) is 19.8 Å². The Balaban J connectivity index is 2.14. The molecule has 1 atom stereocenters. The molecule has 0 spiro atoms. The van der Waals surface area contributed by atoms with E-state index >= 15 is 0 Å². The first-order valence-corrected chi connectivity index (χ1v) is 6.17. The van der Waals surface area contributed by atoms with Crippen LogP contribution >= 0.6 is 11.6 Å². The average molecular weight is 254 g/mol. The van der Waals surface area contributed by atoms with Gasteiger partial charge in [-0.05, 0) is 25.5 Å². The van der Waals surface area contributed by atoms with Crippen molar-refractivity contribution in [3.63, 3.8) is 0 Å². The molecule has 17 heavy (non-hydrogen) atoms. The molecule has 0 saturated carbocycles. The van der Waals surface area contributed by atoms with Crippen molar-refractivity contribution in [2.75, 3.05) is 18.4 Å². The van der Waals surface area contributed by atoms with Crippen LogP contribution in [-0.4, -0.2) is 24.0 Å². The van der Waals surface area contributed by atoms with Crippen LogP contribution in [0, 0.1) is 5.41 Å². The standard InChI is InChI=1S/C12H16ClN3O/c1-2-12(4-6-15-8-12)11(17)16-10-7-14-5-3-9(10)13/h3,5,7,15H,2,4,6,8H2,1H3,(H,16,17). The molecule has 1 aliphatic heterocycles. The number of halogens is 1. The van der Waals surface area contributed by atoms with Crippen molar-refractivity contribution in [3.8, 4) is 0 Å². The van der Waals surface area contributed by atoms with Crippen LogP contribution in [0.1, 0.15) is 19.8 Å². The van der Waals surface area contributed by atoms with Crippen molar-refractivity contribution < 1.29 is 4.79 Å². The highest BCUT2D eigenvalue weighted by Crippen LogP contribution is 2.31. The highest BCUT2D eigenvalue weighted by Gasteiger charge is 2.39. The van der Waals surface area contributed by atoms with Crippen molar-refractivity contribution >= 4 is 23.2 Å². The molecule has 0 aromatic carbocycles. The molecule has 92 valence electrons. The third kappa shape index (κ3) is 2.42. The predicted octanol–water partition coefficient (Wildman–Crippen LogP) is 2.06. The van der Waals surface area contributed by atoms with Crippen molar-refractivity contribution in [3.05, 3.63) is 23.5 Å². The van der Waals surface area contributed by atoms with Gasteiger partial charge in [0.2, 0.25) is 5.91 Å². The first-order chi connectivity index (χ1) is 8.18. The summed E-state index contributed by atoms with van der Waals surface area (Å²) in [6.07, 6.45) is 4.87. The number of carbonyl (C=O) groups is 1. The maximum absolute atomic E-state index is 12.3. The molecule has 2 rings (SSSR count). The molecule has 1 aromatic heterocycles. The third-order valence-electron chi connectivity index (χ3n) is 3.42. The number of nitrogens with zero attached hydrogens (tertiary/aromatic N) is 1. The minimum atomic E-state index is -0.306. The molecule has 1 fully saturated rings. The Kier molecular flexibility index (Phi) is 3.64. The first-order valence-electron chi connectivity index (χ1n) is 5.80. The minimum Gasteiger partial charge on any atom is -0.323 e. The molecule has 5 heteroatoms. The van der Waals surface area contributed by atoms with Crippen LogP contribution in [0.3, 0.4) is 0 Å². The van der Waals surface area contributed by atoms with Gasteiger partial charge in [-0.1, -0.05) is 18.5 Å². The maximum atomic E-state index is 12.3. The van der Waals surface area contributed by atoms with E-state index in [0.29, 0.717) is 10.7 Å². The van der Waals surface area contributed by atoms with E-state index in [1.807, 2.05) is 6.92 Å². The largest absolute Gasteiger partial charge is 0.323 e. The minimum absolute atomic E-state index is 0.0277. The van der Waals surface area contributed by atoms with Gasteiger partial charge in [-0.2, -0.15) is 0 Å². The number of anilines is 1. The molecule has 1 aromatic rings. The lowest BCUT2D eigenvalue weighted by Gasteiger charge is -2.25. The Morgan fingerprint density at radius 1 is 1.71 bits per heavy atom. The van der Waals surface area contributed by atoms with Crippen molar-refractivity contribution in [2.24, 2.45) is 5.41 Å². The molecule has 4 nitrogen and oxygen atoms in total. The number of amides is 1. The molecule has 1 unspecified atom stereocenters. The van der Waals surface area contributed by atoms with Gasteiger partial charge in [0.1, 0.15) is 0 Å². The second kappa shape index (κ2) is 5.02. The van der Waals surface area contributed by atoms with Crippen molar-refractivity contribution in [1.82, 2.24) is 10.3 Å². The van der Waals surface area contributed by atoms with Crippen LogP contribution in [0.4, 0.5) is 5.69 Å². The van der Waals surface area contributed by atoms with Crippen LogP contribution in [0.15, 0.2) is 18.5 Å². The summed E-state index contributed by atoms with van der Waals surface area (Å²) in [5.41, 5.74) is 0.276. The normalized spacial score (nSPS) is 23.6. The molecule has 1 aliphatic rings. The van der Waals surface area contributed by atoms with Gasteiger partial charge in [-0.25, -0.2) is 0 Å². The summed E-state index contributed by atoms with van der Waals surface area (Å²) in [5.74, 6) is 0.0277. The van der Waals surface area contributed by atoms with Gasteiger partial charge in [0.25, 0.3) is 0 Å². The van der Waals surface area contributed by atoms with Crippen LogP contribution in [0.5, 0.6) is 0 Å². The Labute approximate surface area is 106 Å². The second-order valence-electron chi connectivity index (χ2n) is 4.37. The second-order valence-corrected chi connectivity index (χ2v) is 4.78. The number of aromatic nitrogens is 1. The number of carbonyl (C=O) groups excluding carboxylic acids is 1. The zero-order valence-electron chi connectivity index (χ0n) is 9.79. The Bertz CT molecular complexity index is 416. The molecule has 2 heterocycles. The summed E-state index contributed by atoms with van der Waals surface area (Å²) < 4.78 is 0. The monoisotopic (exact) mass is 253 g/mol. The highest BCUT2D eigenvalue weighted by molar-refractivity contribution is 6.33. The lowest BCUT2D eigenvalue weighted by Crippen LogP contribution is -2.37. The van der Waals surface area contributed by atoms with E-state index in [2.05, 4.69) is 15.6 Å². The SMILES string of the molecule is CCC1(C(=O)Nc2cnccc2Cl)CCNC1. The number of hydrogen-bond acceptors (Lipinski definition) is 3. The lowest BCUT2D eigenvalue weighted by atomic mass is 9.83. The summed E-state index contributed by atoms with van der Waals surface area (Å²) >= 11 is 5.99. The molecule has 1 saturated heterocycles. The van der Waals surface area contributed by atoms with E-state index in [1.54, 1.807) is 18.5 Å². The fourth-order valence-corrected chi connectivity index (χ4v) is 2.28. The quantitative estimate of drug-likeness (QED) is 0.867. The summed E-state index contributed by atoms with van der Waals surface area (Å²) in [6.45, 7) is 3.66. The van der Waals surface area contributed by atoms with E-state index in [0.717, 1.165) is 25.9 Å². The maximum Gasteiger partial charge on any atom is 0.231 e. The fourth-order valence-electron chi connectivity index (χ4n) is 2.12. The van der Waals surface area contributed by atoms with Gasteiger partial charge in [-0.15, -0.1) is 0 Å². The predicted molar refractivity (Wildman–Crippen MR) is 68.1 cm³/mol. The molecule has 2 N–H and O–H groups in total. The first kappa shape index (κ1) is 12.3. The van der Waals surface area contributed by atoms with Crippen LogP contribution in [-0.2, 0) is 4.79 Å².